The number of anilines is 1. The van der Waals surface area contributed by atoms with Crippen molar-refractivity contribution >= 4 is 27.6 Å². The highest BCUT2D eigenvalue weighted by atomic mass is 32.2. The summed E-state index contributed by atoms with van der Waals surface area (Å²) in [5.41, 5.74) is 2.22. The smallest absolute Gasteiger partial charge is 0.344 e. The number of hydrogen-bond acceptors (Lipinski definition) is 6. The highest BCUT2D eigenvalue weighted by Crippen LogP contribution is 2.19. The van der Waals surface area contributed by atoms with Gasteiger partial charge in [-0.3, -0.25) is 4.79 Å². The Morgan fingerprint density at radius 3 is 2.36 bits per heavy atom. The molecule has 9 heteroatoms. The Morgan fingerprint density at radius 2 is 1.75 bits per heavy atom. The third kappa shape index (κ3) is 6.07. The molecule has 2 aromatic carbocycles. The second kappa shape index (κ2) is 8.85. The van der Waals surface area contributed by atoms with Gasteiger partial charge in [0.05, 0.1) is 4.90 Å². The van der Waals surface area contributed by atoms with Gasteiger partial charge in [0.2, 0.25) is 10.0 Å². The van der Waals surface area contributed by atoms with Crippen LogP contribution in [-0.2, 0) is 24.3 Å². The van der Waals surface area contributed by atoms with Crippen LogP contribution in [-0.4, -0.2) is 33.0 Å². The maximum atomic E-state index is 12.1. The maximum Gasteiger partial charge on any atom is 0.344 e. The zero-order valence-corrected chi connectivity index (χ0v) is 16.6. The number of nitrogens with one attached hydrogen (secondary N) is 1. The van der Waals surface area contributed by atoms with Crippen LogP contribution in [0, 0.1) is 13.8 Å². The maximum absolute atomic E-state index is 12.1. The van der Waals surface area contributed by atoms with Crippen molar-refractivity contribution in [3.8, 4) is 5.75 Å². The lowest BCUT2D eigenvalue weighted by Gasteiger charge is -2.15. The molecule has 0 aromatic heterocycles. The molecule has 1 amide bonds. The fraction of sp³-hybridized carbons (Fsp3) is 0.263. The lowest BCUT2D eigenvalue weighted by atomic mass is 10.1. The highest BCUT2D eigenvalue weighted by Gasteiger charge is 2.19. The zero-order chi connectivity index (χ0) is 20.9. The van der Waals surface area contributed by atoms with Crippen molar-refractivity contribution in [1.29, 1.82) is 0 Å². The van der Waals surface area contributed by atoms with Crippen molar-refractivity contribution in [3.63, 3.8) is 0 Å². The van der Waals surface area contributed by atoms with E-state index < -0.39 is 28.0 Å². The standard InChI is InChI=1S/C19H22N2O6S/c1-12-4-5-13(2)17(10-12)26-11-18(22)27-14(3)19(23)21-15-6-8-16(9-7-15)28(20,24)25/h4-10,14H,11H2,1-3H3,(H,21,23)(H2,20,24,25)/t14-/m1/s1. The number of aryl methyl sites for hydroxylation is 2. The first-order chi connectivity index (χ1) is 13.1. The van der Waals surface area contributed by atoms with E-state index in [1.54, 1.807) is 0 Å². The molecule has 8 nitrogen and oxygen atoms in total. The van der Waals surface area contributed by atoms with Gasteiger partial charge in [-0.15, -0.1) is 0 Å². The largest absolute Gasteiger partial charge is 0.482 e. The monoisotopic (exact) mass is 406 g/mol. The third-order valence-electron chi connectivity index (χ3n) is 3.82. The van der Waals surface area contributed by atoms with Gasteiger partial charge in [-0.2, -0.15) is 0 Å². The van der Waals surface area contributed by atoms with Crippen molar-refractivity contribution in [3.05, 3.63) is 53.6 Å². The normalized spacial score (nSPS) is 12.1. The van der Waals surface area contributed by atoms with Crippen molar-refractivity contribution in [2.45, 2.75) is 31.8 Å². The molecular weight excluding hydrogens is 384 g/mol. The van der Waals surface area contributed by atoms with Gasteiger partial charge in [0.1, 0.15) is 5.75 Å². The van der Waals surface area contributed by atoms with Crippen molar-refractivity contribution in [1.82, 2.24) is 0 Å². The molecule has 2 aromatic rings. The van der Waals surface area contributed by atoms with Gasteiger partial charge >= 0.3 is 5.97 Å². The lowest BCUT2D eigenvalue weighted by molar-refractivity contribution is -0.155. The van der Waals surface area contributed by atoms with E-state index in [0.29, 0.717) is 11.4 Å². The molecule has 150 valence electrons. The van der Waals surface area contributed by atoms with Crippen LogP contribution < -0.4 is 15.2 Å². The molecule has 0 aliphatic heterocycles. The average Bonchev–Trinajstić information content (AvgIpc) is 2.62. The highest BCUT2D eigenvalue weighted by molar-refractivity contribution is 7.89. The second-order valence-electron chi connectivity index (χ2n) is 6.25. The molecule has 0 bridgehead atoms. The number of benzene rings is 2. The molecule has 2 rings (SSSR count). The minimum Gasteiger partial charge on any atom is -0.482 e. The van der Waals surface area contributed by atoms with Gasteiger partial charge in [-0.1, -0.05) is 12.1 Å². The molecule has 0 aliphatic carbocycles. The Balaban J connectivity index is 1.87. The van der Waals surface area contributed by atoms with Gasteiger partial charge in [0.15, 0.2) is 12.7 Å². The van der Waals surface area contributed by atoms with E-state index in [9.17, 15) is 18.0 Å². The van der Waals surface area contributed by atoms with Crippen LogP contribution >= 0.6 is 0 Å². The van der Waals surface area contributed by atoms with Crippen LogP contribution in [0.5, 0.6) is 5.75 Å². The minimum absolute atomic E-state index is 0.0754. The summed E-state index contributed by atoms with van der Waals surface area (Å²) in [6.07, 6.45) is -1.06. The van der Waals surface area contributed by atoms with E-state index in [4.69, 9.17) is 14.6 Å². The fourth-order valence-electron chi connectivity index (χ4n) is 2.26. The predicted octanol–water partition coefficient (Wildman–Crippen LogP) is 1.90. The molecule has 0 fully saturated rings. The average molecular weight is 406 g/mol. The Kier molecular flexibility index (Phi) is 6.76. The molecule has 0 saturated carbocycles. The summed E-state index contributed by atoms with van der Waals surface area (Å²) in [6.45, 7) is 4.86. The summed E-state index contributed by atoms with van der Waals surface area (Å²) in [5.74, 6) is -0.680. The minimum atomic E-state index is -3.81. The Hall–Kier alpha value is -2.91. The molecule has 0 radical (unpaired) electrons. The van der Waals surface area contributed by atoms with Crippen LogP contribution in [0.15, 0.2) is 47.4 Å². The summed E-state index contributed by atoms with van der Waals surface area (Å²) < 4.78 is 33.0. The van der Waals surface area contributed by atoms with E-state index >= 15 is 0 Å². The lowest BCUT2D eigenvalue weighted by Crippen LogP contribution is -2.31. The second-order valence-corrected chi connectivity index (χ2v) is 7.81. The first-order valence-electron chi connectivity index (χ1n) is 8.39. The van der Waals surface area contributed by atoms with E-state index in [2.05, 4.69) is 5.32 Å². The zero-order valence-electron chi connectivity index (χ0n) is 15.8. The SMILES string of the molecule is Cc1ccc(C)c(OCC(=O)O[C@H](C)C(=O)Nc2ccc(S(N)(=O)=O)cc2)c1. The predicted molar refractivity (Wildman–Crippen MR) is 103 cm³/mol. The summed E-state index contributed by atoms with van der Waals surface area (Å²) >= 11 is 0. The summed E-state index contributed by atoms with van der Waals surface area (Å²) in [5, 5.41) is 7.54. The van der Waals surface area contributed by atoms with E-state index in [1.165, 1.54) is 31.2 Å². The first kappa shape index (κ1) is 21.4. The molecule has 0 heterocycles. The number of amides is 1. The molecule has 0 saturated heterocycles. The molecule has 0 unspecified atom stereocenters. The third-order valence-corrected chi connectivity index (χ3v) is 4.75. The number of hydrogen-bond donors (Lipinski definition) is 2. The Bertz CT molecular complexity index is 970. The molecule has 3 N–H and O–H groups in total. The molecule has 1 atom stereocenters. The van der Waals surface area contributed by atoms with E-state index in [1.807, 2.05) is 32.0 Å². The van der Waals surface area contributed by atoms with Crippen molar-refractivity contribution in [2.24, 2.45) is 5.14 Å². The summed E-state index contributed by atoms with van der Waals surface area (Å²) in [6, 6.07) is 10.9. The van der Waals surface area contributed by atoms with Crippen molar-refractivity contribution in [2.75, 3.05) is 11.9 Å². The number of esters is 1. The van der Waals surface area contributed by atoms with Crippen LogP contribution in [0.1, 0.15) is 18.1 Å². The fourth-order valence-corrected chi connectivity index (χ4v) is 2.77. The molecule has 0 aliphatic rings. The molecule has 0 spiro atoms. The number of primary sulfonamides is 1. The van der Waals surface area contributed by atoms with E-state index in [0.717, 1.165) is 11.1 Å². The van der Waals surface area contributed by atoms with Crippen LogP contribution in [0.4, 0.5) is 5.69 Å². The van der Waals surface area contributed by atoms with Gasteiger partial charge < -0.3 is 14.8 Å². The number of carbonyl (C=O) groups excluding carboxylic acids is 2. The van der Waals surface area contributed by atoms with Crippen molar-refractivity contribution < 1.29 is 27.5 Å². The van der Waals surface area contributed by atoms with Gasteiger partial charge in [-0.05, 0) is 62.2 Å². The van der Waals surface area contributed by atoms with Crippen LogP contribution in [0.25, 0.3) is 0 Å². The summed E-state index contributed by atoms with van der Waals surface area (Å²) in [7, 11) is -3.81. The van der Waals surface area contributed by atoms with Gasteiger partial charge in [0.25, 0.3) is 5.91 Å². The number of sulfonamides is 1. The molecule has 28 heavy (non-hydrogen) atoms. The number of nitrogens with two attached hydrogens (primary N) is 1. The van der Waals surface area contributed by atoms with Gasteiger partial charge in [-0.25, -0.2) is 18.4 Å². The Labute approximate surface area is 163 Å². The van der Waals surface area contributed by atoms with Crippen LogP contribution in [0.2, 0.25) is 0 Å². The first-order valence-corrected chi connectivity index (χ1v) is 9.94. The summed E-state index contributed by atoms with van der Waals surface area (Å²) in [4.78, 5) is 24.0. The number of rotatable bonds is 7. The topological polar surface area (TPSA) is 125 Å². The quantitative estimate of drug-likeness (QED) is 0.677. The number of ether oxygens (including phenoxy) is 2. The van der Waals surface area contributed by atoms with E-state index in [-0.39, 0.29) is 11.5 Å². The van der Waals surface area contributed by atoms with Gasteiger partial charge in [0, 0.05) is 5.69 Å². The van der Waals surface area contributed by atoms with Crippen LogP contribution in [0.3, 0.4) is 0 Å². The molecular formula is C19H22N2O6S. The Morgan fingerprint density at radius 1 is 1.11 bits per heavy atom. The number of carbonyl (C=O) groups is 2.